The van der Waals surface area contributed by atoms with E-state index in [0.29, 0.717) is 20.0 Å². The molecule has 0 N–H and O–H groups in total. The van der Waals surface area contributed by atoms with E-state index in [9.17, 15) is 9.50 Å². The average molecular weight is 271 g/mol. The molecule has 0 radical (unpaired) electrons. The summed E-state index contributed by atoms with van der Waals surface area (Å²) < 4.78 is 15.8. The summed E-state index contributed by atoms with van der Waals surface area (Å²) in [7, 11) is 0.654. The van der Waals surface area contributed by atoms with Gasteiger partial charge >= 0.3 is 119 Å². The second-order valence-corrected chi connectivity index (χ2v) is 5.01. The van der Waals surface area contributed by atoms with Gasteiger partial charge in [-0.05, 0) is 0 Å². The van der Waals surface area contributed by atoms with Crippen molar-refractivity contribution >= 4 is 19.2 Å². The van der Waals surface area contributed by atoms with Crippen molar-refractivity contribution < 1.29 is 14.2 Å². The van der Waals surface area contributed by atoms with Crippen LogP contribution in [0, 0.1) is 5.92 Å². The molecule has 0 spiro atoms. The van der Waals surface area contributed by atoms with Crippen LogP contribution < -0.4 is 0 Å². The van der Waals surface area contributed by atoms with E-state index in [2.05, 4.69) is 4.99 Å². The van der Waals surface area contributed by atoms with E-state index in [0.717, 1.165) is 12.0 Å². The molecule has 0 bridgehead atoms. The zero-order valence-corrected chi connectivity index (χ0v) is 11.6. The second kappa shape index (κ2) is 7.13. The molecule has 1 fully saturated rings. The number of rotatable bonds is 6. The van der Waals surface area contributed by atoms with Crippen molar-refractivity contribution in [2.45, 2.75) is 38.3 Å². The fraction of sp³-hybridized carbons (Fsp3) is 0.467. The van der Waals surface area contributed by atoms with Crippen LogP contribution in [0.25, 0.3) is 0 Å². The number of nitrogens with zero attached hydrogens (tertiary/aromatic N) is 1. The minimum absolute atomic E-state index is 0.108. The van der Waals surface area contributed by atoms with E-state index < -0.39 is 0 Å². The minimum atomic E-state index is -0.211. The molecule has 0 saturated carbocycles. The molecule has 2 rings (SSSR count). The molecule has 1 aliphatic rings. The zero-order valence-electron chi connectivity index (χ0n) is 11.6. The summed E-state index contributed by atoms with van der Waals surface area (Å²) in [5.41, 5.74) is 1.14. The summed E-state index contributed by atoms with van der Waals surface area (Å²) >= 11 is 0. The van der Waals surface area contributed by atoms with Gasteiger partial charge in [0.25, 0.3) is 0 Å². The van der Waals surface area contributed by atoms with Gasteiger partial charge in [0.2, 0.25) is 0 Å². The number of cyclic esters (lactones) is 1. The Labute approximate surface area is 119 Å². The van der Waals surface area contributed by atoms with Crippen LogP contribution in [0.5, 0.6) is 0 Å². The van der Waals surface area contributed by atoms with Crippen LogP contribution in [-0.2, 0) is 20.7 Å². The van der Waals surface area contributed by atoms with Gasteiger partial charge in [-0.1, -0.05) is 0 Å². The summed E-state index contributed by atoms with van der Waals surface area (Å²) in [6.45, 7) is 1.98. The Hall–Kier alpha value is -1.78. The van der Waals surface area contributed by atoms with Crippen LogP contribution >= 0.6 is 0 Å². The van der Waals surface area contributed by atoms with E-state index >= 15 is 0 Å². The molecule has 3 atom stereocenters. The first-order valence-electron chi connectivity index (χ1n) is 6.96. The van der Waals surface area contributed by atoms with Gasteiger partial charge in [0, 0.05) is 0 Å². The Balaban J connectivity index is 1.99. The first-order valence-corrected chi connectivity index (χ1v) is 6.96. The molecular weight excluding hydrogens is 253 g/mol. The normalized spacial score (nSPS) is 23.6. The van der Waals surface area contributed by atoms with Crippen LogP contribution in [0.2, 0.25) is 0 Å². The van der Waals surface area contributed by atoms with Crippen molar-refractivity contribution in [3.8, 4) is 0 Å². The molecule has 0 aromatic heterocycles. The molecule has 20 heavy (non-hydrogen) atoms. The quantitative estimate of drug-likeness (QED) is 0.452. The molecule has 4 nitrogen and oxygen atoms in total. The standard InChI is InChI=1S/C15H18BNO3/c1-2-13(17-10-16-19)14-9-12(15(18)20-14)8-11-6-4-3-5-7-11/h3-7,10,12-14H,2,8-9H2,1H3/t12?,13?,14-/m0/s1. The molecule has 104 valence electrons. The van der Waals surface area contributed by atoms with Crippen molar-refractivity contribution in [1.29, 1.82) is 0 Å². The van der Waals surface area contributed by atoms with Gasteiger partial charge in [0.15, 0.2) is 0 Å². The van der Waals surface area contributed by atoms with Gasteiger partial charge in [-0.2, -0.15) is 0 Å². The Morgan fingerprint density at radius 1 is 1.45 bits per heavy atom. The van der Waals surface area contributed by atoms with E-state index in [1.165, 1.54) is 6.11 Å². The third kappa shape index (κ3) is 3.62. The fourth-order valence-electron chi connectivity index (χ4n) is 2.58. The summed E-state index contributed by atoms with van der Waals surface area (Å²) in [5, 5.41) is 0. The van der Waals surface area contributed by atoms with Gasteiger partial charge in [-0.15, -0.1) is 0 Å². The van der Waals surface area contributed by atoms with Crippen molar-refractivity contribution in [2.75, 3.05) is 0 Å². The Kier molecular flexibility index (Phi) is 5.21. The average Bonchev–Trinajstić information content (AvgIpc) is 2.82. The van der Waals surface area contributed by atoms with Crippen molar-refractivity contribution in [1.82, 2.24) is 0 Å². The zero-order chi connectivity index (χ0) is 14.4. The number of carbonyl (C=O) groups is 1. The SMILES string of the molecule is CCC(N=CB=O)[C@@H]1CC(Cc2ccccc2)C(=O)O1. The summed E-state index contributed by atoms with van der Waals surface area (Å²) in [5.74, 6) is -0.263. The van der Waals surface area contributed by atoms with Crippen LogP contribution in [0.4, 0.5) is 0 Å². The number of hydrogen-bond donors (Lipinski definition) is 0. The third-order valence-corrected chi connectivity index (χ3v) is 3.63. The molecule has 1 aliphatic heterocycles. The first kappa shape index (κ1) is 14.6. The van der Waals surface area contributed by atoms with Crippen LogP contribution in [0.1, 0.15) is 25.3 Å². The monoisotopic (exact) mass is 271 g/mol. The first-order chi connectivity index (χ1) is 9.74. The Morgan fingerprint density at radius 2 is 2.20 bits per heavy atom. The number of benzene rings is 1. The number of carbonyl (C=O) groups excluding carboxylic acids is 1. The second-order valence-electron chi connectivity index (χ2n) is 5.01. The molecule has 1 aromatic carbocycles. The Morgan fingerprint density at radius 3 is 2.85 bits per heavy atom. The van der Waals surface area contributed by atoms with Crippen LogP contribution in [0.15, 0.2) is 35.3 Å². The van der Waals surface area contributed by atoms with Gasteiger partial charge < -0.3 is 0 Å². The molecule has 0 aliphatic carbocycles. The predicted molar refractivity (Wildman–Crippen MR) is 77.1 cm³/mol. The molecule has 1 heterocycles. The van der Waals surface area contributed by atoms with Gasteiger partial charge in [-0.25, -0.2) is 0 Å². The van der Waals surface area contributed by atoms with Crippen molar-refractivity contribution in [3.05, 3.63) is 35.9 Å². The van der Waals surface area contributed by atoms with Gasteiger partial charge in [0.1, 0.15) is 0 Å². The summed E-state index contributed by atoms with van der Waals surface area (Å²) in [6, 6.07) is 9.81. The van der Waals surface area contributed by atoms with E-state index in [1.807, 2.05) is 37.3 Å². The number of hydrogen-bond acceptors (Lipinski definition) is 4. The molecule has 0 amide bonds. The number of esters is 1. The maximum absolute atomic E-state index is 11.9. The topological polar surface area (TPSA) is 55.7 Å². The predicted octanol–water partition coefficient (Wildman–Crippen LogP) is 2.02. The summed E-state index contributed by atoms with van der Waals surface area (Å²) in [6.07, 6.45) is 3.15. The molecule has 1 saturated heterocycles. The molecule has 2 unspecified atom stereocenters. The molecule has 1 aromatic rings. The third-order valence-electron chi connectivity index (χ3n) is 3.63. The molecule has 5 heteroatoms. The summed E-state index contributed by atoms with van der Waals surface area (Å²) in [4.78, 5) is 16.1. The van der Waals surface area contributed by atoms with E-state index in [1.54, 1.807) is 0 Å². The Bertz CT molecular complexity index is 489. The van der Waals surface area contributed by atoms with Gasteiger partial charge in [-0.3, -0.25) is 0 Å². The van der Waals surface area contributed by atoms with Crippen molar-refractivity contribution in [2.24, 2.45) is 10.9 Å². The van der Waals surface area contributed by atoms with Crippen molar-refractivity contribution in [3.63, 3.8) is 0 Å². The fourth-order valence-corrected chi connectivity index (χ4v) is 2.58. The molecular formula is C15H18BNO3. The number of aliphatic imine (C=N–C) groups is 1. The van der Waals surface area contributed by atoms with Crippen LogP contribution in [-0.4, -0.2) is 31.4 Å². The number of ether oxygens (including phenoxy) is 1. The van der Waals surface area contributed by atoms with E-state index in [4.69, 9.17) is 4.74 Å². The van der Waals surface area contributed by atoms with Gasteiger partial charge in [0.05, 0.1) is 0 Å². The maximum atomic E-state index is 11.9. The van der Waals surface area contributed by atoms with Crippen LogP contribution in [0.3, 0.4) is 0 Å². The van der Waals surface area contributed by atoms with E-state index in [-0.39, 0.29) is 24.0 Å².